The number of aromatic nitrogens is 4. The average Bonchev–Trinajstić information content (AvgIpc) is 3.11. The van der Waals surface area contributed by atoms with Gasteiger partial charge in [-0.3, -0.25) is 0 Å². The van der Waals surface area contributed by atoms with Crippen LogP contribution in [0.2, 0.25) is 0 Å². The molecule has 0 aliphatic heterocycles. The quantitative estimate of drug-likeness (QED) is 0.800. The molecular weight excluding hydrogens is 270 g/mol. The number of nitrogens with zero attached hydrogens (tertiary/aromatic N) is 4. The van der Waals surface area contributed by atoms with Crippen molar-refractivity contribution in [1.29, 1.82) is 0 Å². The zero-order valence-electron chi connectivity index (χ0n) is 11.3. The number of benzene rings is 1. The Hall–Kier alpha value is -2.21. The summed E-state index contributed by atoms with van der Waals surface area (Å²) in [6.45, 7) is 2.10. The van der Waals surface area contributed by atoms with Crippen LogP contribution >= 0.6 is 11.3 Å². The third-order valence-corrected chi connectivity index (χ3v) is 3.74. The lowest BCUT2D eigenvalue weighted by Gasteiger charge is -2.13. The summed E-state index contributed by atoms with van der Waals surface area (Å²) >= 11 is 1.61. The van der Waals surface area contributed by atoms with Crippen LogP contribution in [-0.4, -0.2) is 19.7 Å². The van der Waals surface area contributed by atoms with E-state index in [0.29, 0.717) is 0 Å². The van der Waals surface area contributed by atoms with Gasteiger partial charge in [0.2, 0.25) is 0 Å². The van der Waals surface area contributed by atoms with Crippen molar-refractivity contribution < 1.29 is 0 Å². The first-order valence-electron chi connectivity index (χ1n) is 6.33. The maximum absolute atomic E-state index is 4.32. The second kappa shape index (κ2) is 5.42. The molecule has 0 fully saturated rings. The van der Waals surface area contributed by atoms with Gasteiger partial charge in [0.1, 0.15) is 6.33 Å². The van der Waals surface area contributed by atoms with Crippen molar-refractivity contribution in [1.82, 2.24) is 19.7 Å². The first kappa shape index (κ1) is 12.8. The van der Waals surface area contributed by atoms with E-state index in [-0.39, 0.29) is 6.04 Å². The maximum Gasteiger partial charge on any atom is 0.163 e. The minimum absolute atomic E-state index is 0.196. The fraction of sp³-hybridized carbons (Fsp3) is 0.214. The molecule has 0 aliphatic rings. The summed E-state index contributed by atoms with van der Waals surface area (Å²) in [5, 5.41) is 13.5. The Bertz CT molecular complexity index is 672. The van der Waals surface area contributed by atoms with Gasteiger partial charge in [-0.25, -0.2) is 4.98 Å². The van der Waals surface area contributed by atoms with E-state index in [1.807, 2.05) is 41.4 Å². The topological polar surface area (TPSA) is 55.6 Å². The highest BCUT2D eigenvalue weighted by Gasteiger charge is 2.08. The summed E-state index contributed by atoms with van der Waals surface area (Å²) in [5.74, 6) is 0.865. The molecule has 6 heteroatoms. The predicted molar refractivity (Wildman–Crippen MR) is 80.6 cm³/mol. The van der Waals surface area contributed by atoms with Crippen LogP contribution in [0.4, 0.5) is 5.69 Å². The molecule has 0 aliphatic carbocycles. The predicted octanol–water partition coefficient (Wildman–Crippen LogP) is 3.11. The van der Waals surface area contributed by atoms with Gasteiger partial charge < -0.3 is 9.88 Å². The van der Waals surface area contributed by atoms with E-state index >= 15 is 0 Å². The maximum atomic E-state index is 4.32. The smallest absolute Gasteiger partial charge is 0.163 e. The Morgan fingerprint density at radius 1 is 1.25 bits per heavy atom. The summed E-state index contributed by atoms with van der Waals surface area (Å²) < 4.78 is 1.90. The van der Waals surface area contributed by atoms with Gasteiger partial charge in [0, 0.05) is 23.7 Å². The van der Waals surface area contributed by atoms with Gasteiger partial charge in [0.15, 0.2) is 5.82 Å². The number of anilines is 1. The molecule has 102 valence electrons. The van der Waals surface area contributed by atoms with Crippen LogP contribution in [0.25, 0.3) is 11.4 Å². The minimum Gasteiger partial charge on any atom is -0.377 e. The summed E-state index contributed by atoms with van der Waals surface area (Å²) in [5.41, 5.74) is 5.03. The van der Waals surface area contributed by atoms with E-state index in [1.165, 1.54) is 0 Å². The number of hydrogen-bond acceptors (Lipinski definition) is 5. The lowest BCUT2D eigenvalue weighted by atomic mass is 10.1. The molecule has 1 aromatic carbocycles. The zero-order valence-corrected chi connectivity index (χ0v) is 12.1. The number of hydrogen-bond donors (Lipinski definition) is 1. The molecule has 3 aromatic rings. The Balaban J connectivity index is 1.75. The first-order valence-corrected chi connectivity index (χ1v) is 7.27. The molecule has 1 N–H and O–H groups in total. The number of rotatable bonds is 4. The number of thiazole rings is 1. The third kappa shape index (κ3) is 2.55. The highest BCUT2D eigenvalue weighted by molar-refractivity contribution is 7.07. The largest absolute Gasteiger partial charge is 0.377 e. The van der Waals surface area contributed by atoms with E-state index < -0.39 is 0 Å². The molecule has 0 saturated carbocycles. The molecule has 0 saturated heterocycles. The summed E-state index contributed by atoms with van der Waals surface area (Å²) in [6.07, 6.45) is 1.70. The molecular formula is C14H15N5S. The van der Waals surface area contributed by atoms with Gasteiger partial charge in [-0.2, -0.15) is 0 Å². The van der Waals surface area contributed by atoms with Crippen molar-refractivity contribution in [2.75, 3.05) is 5.32 Å². The molecule has 0 amide bonds. The van der Waals surface area contributed by atoms with Gasteiger partial charge in [0.05, 0.1) is 17.2 Å². The molecule has 3 rings (SSSR count). The number of nitrogens with one attached hydrogen (secondary N) is 1. The lowest BCUT2D eigenvalue weighted by Crippen LogP contribution is -2.06. The van der Waals surface area contributed by atoms with Crippen molar-refractivity contribution in [3.05, 3.63) is 47.2 Å². The third-order valence-electron chi connectivity index (χ3n) is 3.13. The zero-order chi connectivity index (χ0) is 13.9. The lowest BCUT2D eigenvalue weighted by molar-refractivity contribution is 0.850. The van der Waals surface area contributed by atoms with Gasteiger partial charge in [-0.15, -0.1) is 21.5 Å². The van der Waals surface area contributed by atoms with Crippen molar-refractivity contribution in [2.24, 2.45) is 7.05 Å². The summed E-state index contributed by atoms with van der Waals surface area (Å²) in [6, 6.07) is 8.38. The van der Waals surface area contributed by atoms with E-state index in [4.69, 9.17) is 0 Å². The van der Waals surface area contributed by atoms with Gasteiger partial charge in [-0.1, -0.05) is 0 Å². The fourth-order valence-electron chi connectivity index (χ4n) is 2.02. The average molecular weight is 285 g/mol. The Labute approximate surface area is 121 Å². The highest BCUT2D eigenvalue weighted by Crippen LogP contribution is 2.22. The van der Waals surface area contributed by atoms with Gasteiger partial charge >= 0.3 is 0 Å². The van der Waals surface area contributed by atoms with Crippen molar-refractivity contribution in [3.8, 4) is 11.4 Å². The summed E-state index contributed by atoms with van der Waals surface area (Å²) in [7, 11) is 1.94. The van der Waals surface area contributed by atoms with E-state index in [2.05, 4.69) is 32.8 Å². The fourth-order valence-corrected chi connectivity index (χ4v) is 2.67. The standard InChI is InChI=1S/C14H15N5S/c1-10(13-7-20-9-15-13)17-12-5-3-11(4-6-12)14-18-16-8-19(14)2/h3-10,17H,1-2H3. The summed E-state index contributed by atoms with van der Waals surface area (Å²) in [4.78, 5) is 4.32. The molecule has 0 bridgehead atoms. The van der Waals surface area contributed by atoms with E-state index in [0.717, 1.165) is 22.8 Å². The normalized spacial score (nSPS) is 12.3. The van der Waals surface area contributed by atoms with Crippen LogP contribution in [-0.2, 0) is 7.05 Å². The van der Waals surface area contributed by atoms with Gasteiger partial charge in [-0.05, 0) is 31.2 Å². The van der Waals surface area contributed by atoms with Crippen LogP contribution in [0, 0.1) is 0 Å². The van der Waals surface area contributed by atoms with Crippen molar-refractivity contribution >= 4 is 17.0 Å². The van der Waals surface area contributed by atoms with E-state index in [1.54, 1.807) is 17.7 Å². The molecule has 2 heterocycles. The van der Waals surface area contributed by atoms with Crippen molar-refractivity contribution in [2.45, 2.75) is 13.0 Å². The van der Waals surface area contributed by atoms with Crippen LogP contribution in [0.3, 0.4) is 0 Å². The number of aryl methyl sites for hydroxylation is 1. The SMILES string of the molecule is CC(Nc1ccc(-c2nncn2C)cc1)c1cscn1. The second-order valence-corrected chi connectivity index (χ2v) is 5.34. The molecule has 2 aromatic heterocycles. The Morgan fingerprint density at radius 3 is 2.65 bits per heavy atom. The molecule has 5 nitrogen and oxygen atoms in total. The molecule has 0 spiro atoms. The molecule has 20 heavy (non-hydrogen) atoms. The Morgan fingerprint density at radius 2 is 2.05 bits per heavy atom. The van der Waals surface area contributed by atoms with E-state index in [9.17, 15) is 0 Å². The first-order chi connectivity index (χ1) is 9.74. The van der Waals surface area contributed by atoms with Crippen LogP contribution < -0.4 is 5.32 Å². The van der Waals surface area contributed by atoms with Crippen LogP contribution in [0.1, 0.15) is 18.7 Å². The van der Waals surface area contributed by atoms with Crippen LogP contribution in [0.15, 0.2) is 41.5 Å². The molecule has 0 radical (unpaired) electrons. The van der Waals surface area contributed by atoms with Gasteiger partial charge in [0.25, 0.3) is 0 Å². The molecule has 1 atom stereocenters. The molecule has 1 unspecified atom stereocenters. The highest BCUT2D eigenvalue weighted by atomic mass is 32.1. The minimum atomic E-state index is 0.196. The monoisotopic (exact) mass is 285 g/mol. The second-order valence-electron chi connectivity index (χ2n) is 4.62. The Kier molecular flexibility index (Phi) is 3.47. The van der Waals surface area contributed by atoms with Crippen molar-refractivity contribution in [3.63, 3.8) is 0 Å². The van der Waals surface area contributed by atoms with Crippen LogP contribution in [0.5, 0.6) is 0 Å².